The van der Waals surface area contributed by atoms with Gasteiger partial charge in [-0.15, -0.1) is 0 Å². The van der Waals surface area contributed by atoms with Gasteiger partial charge in [0.2, 0.25) is 10.0 Å². The summed E-state index contributed by atoms with van der Waals surface area (Å²) >= 11 is 0. The zero-order valence-corrected chi connectivity index (χ0v) is 16.0. The second-order valence-electron chi connectivity index (χ2n) is 6.46. The van der Waals surface area contributed by atoms with Crippen molar-refractivity contribution in [2.24, 2.45) is 0 Å². The predicted molar refractivity (Wildman–Crippen MR) is 99.8 cm³/mol. The van der Waals surface area contributed by atoms with Gasteiger partial charge in [-0.2, -0.15) is 4.31 Å². The Labute approximate surface area is 154 Å². The maximum absolute atomic E-state index is 13.4. The Morgan fingerprint density at radius 1 is 1.00 bits per heavy atom. The zero-order valence-electron chi connectivity index (χ0n) is 15.2. The fourth-order valence-corrected chi connectivity index (χ4v) is 4.97. The van der Waals surface area contributed by atoms with E-state index in [1.54, 1.807) is 32.2 Å². The van der Waals surface area contributed by atoms with E-state index in [-0.39, 0.29) is 5.82 Å². The standard InChI is InChI=1S/C19H23FN2O3S/c1-14-12-19(15(2)11-18(14)25-3)26(23,24)22-9-7-21(8-10-22)17-6-4-5-16(20)13-17/h4-6,11-13H,7-10H2,1-3H3. The molecular weight excluding hydrogens is 355 g/mol. The van der Waals surface area contributed by atoms with E-state index in [0.29, 0.717) is 42.4 Å². The number of aryl methyl sites for hydroxylation is 2. The highest BCUT2D eigenvalue weighted by molar-refractivity contribution is 7.89. The van der Waals surface area contributed by atoms with Gasteiger partial charge in [0.05, 0.1) is 12.0 Å². The molecule has 26 heavy (non-hydrogen) atoms. The fraction of sp³-hybridized carbons (Fsp3) is 0.368. The zero-order chi connectivity index (χ0) is 18.9. The Hall–Kier alpha value is -2.12. The van der Waals surface area contributed by atoms with Gasteiger partial charge in [0.25, 0.3) is 0 Å². The summed E-state index contributed by atoms with van der Waals surface area (Å²) in [4.78, 5) is 2.32. The van der Waals surface area contributed by atoms with Crippen molar-refractivity contribution < 1.29 is 17.5 Å². The van der Waals surface area contributed by atoms with Crippen LogP contribution in [0.1, 0.15) is 11.1 Å². The number of halogens is 1. The van der Waals surface area contributed by atoms with Crippen molar-refractivity contribution >= 4 is 15.7 Å². The van der Waals surface area contributed by atoms with E-state index in [1.165, 1.54) is 16.4 Å². The molecule has 1 saturated heterocycles. The number of methoxy groups -OCH3 is 1. The van der Waals surface area contributed by atoms with Crippen LogP contribution in [0.3, 0.4) is 0 Å². The number of sulfonamides is 1. The summed E-state index contributed by atoms with van der Waals surface area (Å²) in [5.74, 6) is 0.388. The third kappa shape index (κ3) is 3.54. The molecule has 0 radical (unpaired) electrons. The number of ether oxygens (including phenoxy) is 1. The summed E-state index contributed by atoms with van der Waals surface area (Å²) in [5.41, 5.74) is 2.23. The normalized spacial score (nSPS) is 15.9. The smallest absolute Gasteiger partial charge is 0.243 e. The van der Waals surface area contributed by atoms with Gasteiger partial charge in [0.1, 0.15) is 11.6 Å². The van der Waals surface area contributed by atoms with Crippen molar-refractivity contribution in [1.82, 2.24) is 4.31 Å². The van der Waals surface area contributed by atoms with Crippen LogP contribution in [0, 0.1) is 19.7 Å². The molecule has 1 aliphatic heterocycles. The Morgan fingerprint density at radius 2 is 1.69 bits per heavy atom. The van der Waals surface area contributed by atoms with Crippen LogP contribution in [-0.4, -0.2) is 46.0 Å². The SMILES string of the molecule is COc1cc(C)c(S(=O)(=O)N2CCN(c3cccc(F)c3)CC2)cc1C. The molecule has 0 unspecified atom stereocenters. The van der Waals surface area contributed by atoms with E-state index in [9.17, 15) is 12.8 Å². The minimum atomic E-state index is -3.58. The second kappa shape index (κ2) is 7.25. The number of rotatable bonds is 4. The molecule has 0 amide bonds. The summed E-state index contributed by atoms with van der Waals surface area (Å²) in [6.45, 7) is 5.39. The number of hydrogen-bond acceptors (Lipinski definition) is 4. The van der Waals surface area contributed by atoms with Crippen LogP contribution in [0.25, 0.3) is 0 Å². The Bertz CT molecular complexity index is 907. The lowest BCUT2D eigenvalue weighted by atomic mass is 10.1. The molecule has 3 rings (SSSR count). The van der Waals surface area contributed by atoms with Gasteiger partial charge in [-0.05, 0) is 55.3 Å². The lowest BCUT2D eigenvalue weighted by Crippen LogP contribution is -2.48. The van der Waals surface area contributed by atoms with Gasteiger partial charge in [-0.1, -0.05) is 6.07 Å². The maximum Gasteiger partial charge on any atom is 0.243 e. The molecule has 2 aromatic carbocycles. The molecule has 7 heteroatoms. The van der Waals surface area contributed by atoms with Crippen LogP contribution >= 0.6 is 0 Å². The molecule has 0 aromatic heterocycles. The van der Waals surface area contributed by atoms with Crippen molar-refractivity contribution in [2.45, 2.75) is 18.7 Å². The highest BCUT2D eigenvalue weighted by atomic mass is 32.2. The number of piperazine rings is 1. The van der Waals surface area contributed by atoms with Gasteiger partial charge in [0, 0.05) is 31.9 Å². The van der Waals surface area contributed by atoms with Crippen LogP contribution in [0.5, 0.6) is 5.75 Å². The Kier molecular flexibility index (Phi) is 5.20. The van der Waals surface area contributed by atoms with Crippen molar-refractivity contribution in [3.63, 3.8) is 0 Å². The molecule has 1 fully saturated rings. The van der Waals surface area contributed by atoms with Crippen molar-refractivity contribution in [1.29, 1.82) is 0 Å². The van der Waals surface area contributed by atoms with E-state index >= 15 is 0 Å². The minimum Gasteiger partial charge on any atom is -0.496 e. The van der Waals surface area contributed by atoms with Crippen LogP contribution < -0.4 is 9.64 Å². The number of anilines is 1. The second-order valence-corrected chi connectivity index (χ2v) is 8.36. The average Bonchev–Trinajstić information content (AvgIpc) is 2.63. The van der Waals surface area contributed by atoms with Gasteiger partial charge in [0.15, 0.2) is 0 Å². The molecule has 0 saturated carbocycles. The van der Waals surface area contributed by atoms with Gasteiger partial charge >= 0.3 is 0 Å². The molecule has 0 aliphatic carbocycles. The van der Waals surface area contributed by atoms with E-state index in [2.05, 4.69) is 0 Å². The predicted octanol–water partition coefficient (Wildman–Crippen LogP) is 2.96. The van der Waals surface area contributed by atoms with Gasteiger partial charge < -0.3 is 9.64 Å². The molecule has 2 aromatic rings. The number of benzene rings is 2. The topological polar surface area (TPSA) is 49.9 Å². The molecular formula is C19H23FN2O3S. The molecule has 5 nitrogen and oxygen atoms in total. The Morgan fingerprint density at radius 3 is 2.31 bits per heavy atom. The summed E-state index contributed by atoms with van der Waals surface area (Å²) in [7, 11) is -2.01. The lowest BCUT2D eigenvalue weighted by Gasteiger charge is -2.35. The van der Waals surface area contributed by atoms with Crippen LogP contribution in [0.2, 0.25) is 0 Å². The lowest BCUT2D eigenvalue weighted by molar-refractivity contribution is 0.384. The van der Waals surface area contributed by atoms with Crippen LogP contribution in [0.4, 0.5) is 10.1 Å². The van der Waals surface area contributed by atoms with Crippen LogP contribution in [0.15, 0.2) is 41.3 Å². The molecule has 0 atom stereocenters. The number of hydrogen-bond donors (Lipinski definition) is 0. The summed E-state index contributed by atoms with van der Waals surface area (Å²) < 4.78 is 46.3. The maximum atomic E-state index is 13.4. The van der Waals surface area contributed by atoms with Crippen molar-refractivity contribution in [3.8, 4) is 5.75 Å². The summed E-state index contributed by atoms with van der Waals surface area (Å²) in [5, 5.41) is 0. The molecule has 140 valence electrons. The van der Waals surface area contributed by atoms with E-state index in [4.69, 9.17) is 4.74 Å². The molecule has 0 spiro atoms. The van der Waals surface area contributed by atoms with E-state index < -0.39 is 10.0 Å². The highest BCUT2D eigenvalue weighted by Crippen LogP contribution is 2.28. The summed E-state index contributed by atoms with van der Waals surface area (Å²) in [6.07, 6.45) is 0. The third-order valence-electron chi connectivity index (χ3n) is 4.72. The fourth-order valence-electron chi connectivity index (χ4n) is 3.26. The third-order valence-corrected chi connectivity index (χ3v) is 6.76. The largest absolute Gasteiger partial charge is 0.496 e. The molecule has 0 bridgehead atoms. The first-order chi connectivity index (χ1) is 12.3. The van der Waals surface area contributed by atoms with Gasteiger partial charge in [-0.25, -0.2) is 12.8 Å². The van der Waals surface area contributed by atoms with Crippen LogP contribution in [-0.2, 0) is 10.0 Å². The van der Waals surface area contributed by atoms with Crippen molar-refractivity contribution in [3.05, 3.63) is 53.3 Å². The first-order valence-corrected chi connectivity index (χ1v) is 9.93. The molecule has 1 aliphatic rings. The summed E-state index contributed by atoms with van der Waals surface area (Å²) in [6, 6.07) is 9.80. The first kappa shape index (κ1) is 18.7. The first-order valence-electron chi connectivity index (χ1n) is 8.49. The Balaban J connectivity index is 1.79. The van der Waals surface area contributed by atoms with Crippen molar-refractivity contribution in [2.75, 3.05) is 38.2 Å². The molecule has 0 N–H and O–H groups in total. The minimum absolute atomic E-state index is 0.290. The quantitative estimate of drug-likeness (QED) is 0.821. The monoisotopic (exact) mass is 378 g/mol. The molecule has 1 heterocycles. The highest BCUT2D eigenvalue weighted by Gasteiger charge is 2.30. The van der Waals surface area contributed by atoms with E-state index in [0.717, 1.165) is 11.3 Å². The van der Waals surface area contributed by atoms with E-state index in [1.807, 2.05) is 17.9 Å². The number of nitrogens with zero attached hydrogens (tertiary/aromatic N) is 2. The van der Waals surface area contributed by atoms with Gasteiger partial charge in [-0.3, -0.25) is 0 Å². The average molecular weight is 378 g/mol.